The number of rotatable bonds is 11. The summed E-state index contributed by atoms with van der Waals surface area (Å²) < 4.78 is 30.9. The van der Waals surface area contributed by atoms with Crippen LogP contribution in [-0.2, 0) is 38.1 Å². The van der Waals surface area contributed by atoms with Gasteiger partial charge in [-0.2, -0.15) is 0 Å². The molecule has 3 fully saturated rings. The number of hydrogen-bond donors (Lipinski definition) is 5. The van der Waals surface area contributed by atoms with Crippen LogP contribution in [0.1, 0.15) is 115 Å². The number of hydrogen-bond acceptors (Lipinski definition) is 14. The minimum Gasteiger partial charge on any atom is -0.458 e. The van der Waals surface area contributed by atoms with E-state index in [-0.39, 0.29) is 35.1 Å². The third kappa shape index (κ3) is 8.56. The number of carbonyl (C=O) groups is 5. The van der Waals surface area contributed by atoms with Crippen LogP contribution >= 0.6 is 0 Å². The Morgan fingerprint density at radius 3 is 1.97 bits per heavy atom. The molecule has 15 nitrogen and oxygen atoms in total. The number of esters is 3. The lowest BCUT2D eigenvalue weighted by molar-refractivity contribution is -0.298. The maximum Gasteiger partial charge on any atom is 0.408 e. The van der Waals surface area contributed by atoms with Crippen molar-refractivity contribution in [1.82, 2.24) is 5.32 Å². The lowest BCUT2D eigenvalue weighted by atomic mass is 9.41. The fourth-order valence-electron chi connectivity index (χ4n) is 11.0. The van der Waals surface area contributed by atoms with E-state index in [0.29, 0.717) is 12.0 Å². The molecular weight excluding hydrogens is 851 g/mol. The number of ketones is 1. The average Bonchev–Trinajstić information content (AvgIpc) is 3.26. The molecule has 0 aromatic heterocycles. The molecule has 66 heavy (non-hydrogen) atoms. The van der Waals surface area contributed by atoms with Crippen molar-refractivity contribution >= 4 is 29.8 Å². The maximum atomic E-state index is 16.0. The van der Waals surface area contributed by atoms with Gasteiger partial charge in [0.25, 0.3) is 0 Å². The van der Waals surface area contributed by atoms with Crippen molar-refractivity contribution in [3.05, 3.63) is 119 Å². The molecule has 4 aliphatic rings. The predicted octanol–water partition coefficient (Wildman–Crippen LogP) is 5.99. The van der Waals surface area contributed by atoms with Gasteiger partial charge in [-0.3, -0.25) is 9.59 Å². The molecule has 0 spiro atoms. The van der Waals surface area contributed by atoms with E-state index in [1.54, 1.807) is 120 Å². The molecule has 0 aliphatic heterocycles. The van der Waals surface area contributed by atoms with Crippen LogP contribution in [0.5, 0.6) is 0 Å². The summed E-state index contributed by atoms with van der Waals surface area (Å²) in [6.45, 7) is 12.5. The highest BCUT2D eigenvalue weighted by Crippen LogP contribution is 2.67. The second-order valence-corrected chi connectivity index (χ2v) is 19.9. The van der Waals surface area contributed by atoms with Gasteiger partial charge in [0.1, 0.15) is 35.1 Å². The van der Waals surface area contributed by atoms with Crippen molar-refractivity contribution in [3.63, 3.8) is 0 Å². The summed E-state index contributed by atoms with van der Waals surface area (Å²) in [6, 6.07) is 23.1. The average molecular weight is 912 g/mol. The minimum absolute atomic E-state index is 0.0111. The number of Topliss-reactive ketones (excluding diaryl/α,β-unsaturated/α-hetero) is 1. The highest BCUT2D eigenvalue weighted by atomic mass is 16.6. The molecule has 12 atom stereocenters. The minimum atomic E-state index is -2.36. The highest BCUT2D eigenvalue weighted by Gasteiger charge is 2.77. The van der Waals surface area contributed by atoms with Gasteiger partial charge in [-0.05, 0) is 82.7 Å². The van der Waals surface area contributed by atoms with E-state index in [1.165, 1.54) is 26.0 Å². The number of fused-ring (bicyclic) bond motifs is 5. The number of carbonyl (C=O) groups excluding carboxylic acids is 5. The standard InChI is InChI=1S/C51H61NO14/c1-28-34(62-45(59)38(55)37(30-18-12-9-13-19-30)52-46(60)66-47(3,4)5)27-51(61)42(64-44(58)32-22-16-11-17-23-32)40-49(8,35(54)26-33-24-25-50(33,40)65-29(2)53)41(56)39(36(28)48(51,6)7)63-43(57)31-20-14-10-15-21-31/h9-23,33-35,37-40,42-43,54-55,57,61H,24-27H2,1-8H3,(H,52,60)/t33-,34+,35+,37+,38-,39-,40?,42+,43?,49-,50+,51-/m1/s1. The van der Waals surface area contributed by atoms with Crippen molar-refractivity contribution in [1.29, 1.82) is 0 Å². The molecule has 4 aliphatic carbocycles. The Hall–Kier alpha value is -5.45. The number of benzene rings is 3. The van der Waals surface area contributed by atoms with E-state index >= 15 is 4.79 Å². The van der Waals surface area contributed by atoms with E-state index < -0.39 is 119 Å². The largest absolute Gasteiger partial charge is 0.458 e. The Labute approximate surface area is 384 Å². The molecule has 1 amide bonds. The number of alkyl carbamates (subject to hydrolysis) is 1. The monoisotopic (exact) mass is 911 g/mol. The van der Waals surface area contributed by atoms with Gasteiger partial charge >= 0.3 is 24.0 Å². The van der Waals surface area contributed by atoms with Crippen LogP contribution in [0.4, 0.5) is 4.79 Å². The Bertz CT molecular complexity index is 2350. The summed E-state index contributed by atoms with van der Waals surface area (Å²) in [5, 5.41) is 52.4. The van der Waals surface area contributed by atoms with Gasteiger partial charge in [0.05, 0.1) is 29.0 Å². The predicted molar refractivity (Wildman–Crippen MR) is 237 cm³/mol. The van der Waals surface area contributed by atoms with Crippen LogP contribution in [0, 0.1) is 22.7 Å². The number of nitrogens with one attached hydrogen (secondary N) is 1. The van der Waals surface area contributed by atoms with Gasteiger partial charge in [0.2, 0.25) is 0 Å². The summed E-state index contributed by atoms with van der Waals surface area (Å²) >= 11 is 0. The normalized spacial score (nSPS) is 31.5. The number of aliphatic hydroxyl groups is 4. The van der Waals surface area contributed by atoms with E-state index in [4.69, 9.17) is 23.7 Å². The molecule has 3 saturated carbocycles. The molecule has 0 saturated heterocycles. The topological polar surface area (TPSA) is 224 Å². The van der Waals surface area contributed by atoms with E-state index in [9.17, 15) is 39.6 Å². The Balaban J connectivity index is 1.42. The first-order chi connectivity index (χ1) is 31.0. The van der Waals surface area contributed by atoms with Crippen LogP contribution in [0.2, 0.25) is 0 Å². The van der Waals surface area contributed by atoms with Crippen LogP contribution in [0.25, 0.3) is 0 Å². The summed E-state index contributed by atoms with van der Waals surface area (Å²) in [7, 11) is 0. The van der Waals surface area contributed by atoms with Gasteiger partial charge in [0, 0.05) is 30.2 Å². The SMILES string of the molecule is CC(=O)O[C@@]12CC[C@@H]1C[C@H](O)[C@@]1(C)C(=O)[C@H](OC(O)c3ccccc3)C3=C(C)[C@@H](OC(=O)[C@H](O)[C@@H](NC(=O)OC(C)(C)C)c4ccccc4)C[C@@](O)([C@@H](OC(=O)c4ccccc4)C12)C3(C)C. The molecule has 3 aromatic rings. The molecule has 2 unspecified atom stereocenters. The fourth-order valence-corrected chi connectivity index (χ4v) is 11.0. The first-order valence-electron chi connectivity index (χ1n) is 22.4. The van der Waals surface area contributed by atoms with E-state index in [2.05, 4.69) is 5.32 Å². The summed E-state index contributed by atoms with van der Waals surface area (Å²) in [4.78, 5) is 71.2. The van der Waals surface area contributed by atoms with Gasteiger partial charge in [0.15, 0.2) is 18.2 Å². The van der Waals surface area contributed by atoms with Crippen molar-refractivity contribution in [2.75, 3.05) is 0 Å². The van der Waals surface area contributed by atoms with Gasteiger partial charge in [-0.15, -0.1) is 0 Å². The second-order valence-electron chi connectivity index (χ2n) is 19.9. The third-order valence-electron chi connectivity index (χ3n) is 14.5. The molecular formula is C51H61NO14. The zero-order valence-electron chi connectivity index (χ0n) is 38.6. The molecule has 7 rings (SSSR count). The number of aliphatic hydroxyl groups excluding tert-OH is 3. The zero-order valence-corrected chi connectivity index (χ0v) is 38.6. The maximum absolute atomic E-state index is 16.0. The Kier molecular flexibility index (Phi) is 13.2. The third-order valence-corrected chi connectivity index (χ3v) is 14.5. The molecule has 0 radical (unpaired) electrons. The van der Waals surface area contributed by atoms with Gasteiger partial charge in [-0.25, -0.2) is 14.4 Å². The lowest BCUT2D eigenvalue weighted by Gasteiger charge is -2.68. The Morgan fingerprint density at radius 2 is 1.42 bits per heavy atom. The van der Waals surface area contributed by atoms with E-state index in [1.807, 2.05) is 0 Å². The van der Waals surface area contributed by atoms with Gasteiger partial charge in [-0.1, -0.05) is 92.7 Å². The smallest absolute Gasteiger partial charge is 0.408 e. The number of ether oxygens (including phenoxy) is 5. The van der Waals surface area contributed by atoms with Crippen LogP contribution in [0.3, 0.4) is 0 Å². The molecule has 3 aromatic carbocycles. The first-order valence-corrected chi connectivity index (χ1v) is 22.4. The van der Waals surface area contributed by atoms with E-state index in [0.717, 1.165) is 0 Å². The van der Waals surface area contributed by atoms with Crippen molar-refractivity contribution < 1.29 is 68.1 Å². The van der Waals surface area contributed by atoms with Gasteiger partial charge < -0.3 is 49.4 Å². The first kappa shape index (κ1) is 48.5. The molecule has 2 bridgehead atoms. The molecule has 354 valence electrons. The zero-order chi connectivity index (χ0) is 48.1. The van der Waals surface area contributed by atoms with Crippen molar-refractivity contribution in [3.8, 4) is 0 Å². The summed E-state index contributed by atoms with van der Waals surface area (Å²) in [6.07, 6.45) is -11.0. The van der Waals surface area contributed by atoms with Crippen LogP contribution in [0.15, 0.2) is 102 Å². The lowest BCUT2D eigenvalue weighted by Crippen LogP contribution is -2.78. The molecule has 15 heteroatoms. The van der Waals surface area contributed by atoms with Crippen LogP contribution in [-0.4, -0.2) is 97.5 Å². The van der Waals surface area contributed by atoms with Crippen molar-refractivity contribution in [2.45, 2.75) is 141 Å². The molecule has 5 N–H and O–H groups in total. The fraction of sp³-hybridized carbons (Fsp3) is 0.510. The Morgan fingerprint density at radius 1 is 0.848 bits per heavy atom. The van der Waals surface area contributed by atoms with Crippen LogP contribution < -0.4 is 5.32 Å². The quantitative estimate of drug-likeness (QED) is 0.0646. The number of amides is 1. The summed E-state index contributed by atoms with van der Waals surface area (Å²) in [5.41, 5.74) is -7.51. The summed E-state index contributed by atoms with van der Waals surface area (Å²) in [5.74, 6) is -5.57. The highest BCUT2D eigenvalue weighted by molar-refractivity contribution is 5.94. The second kappa shape index (κ2) is 18.0. The van der Waals surface area contributed by atoms with Crippen molar-refractivity contribution in [2.24, 2.45) is 22.7 Å². The molecule has 0 heterocycles.